The molecule has 4 fully saturated rings. The maximum Gasteiger partial charge on any atom is 0.178 e. The van der Waals surface area contributed by atoms with Gasteiger partial charge >= 0.3 is 0 Å². The van der Waals surface area contributed by atoms with Gasteiger partial charge in [0, 0.05) is 10.8 Å². The molecule has 0 aromatic carbocycles. The molecule has 0 spiro atoms. The first-order valence-electron chi connectivity index (χ1n) is 14.1. The molecular formula is C32H47NO2. The highest BCUT2D eigenvalue weighted by molar-refractivity contribution is 6.04. The van der Waals surface area contributed by atoms with Gasteiger partial charge in [-0.1, -0.05) is 53.2 Å². The number of nitrogens with zero attached hydrogens (tertiary/aromatic N) is 1. The fourth-order valence-corrected chi connectivity index (χ4v) is 10.8. The second kappa shape index (κ2) is 8.43. The van der Waals surface area contributed by atoms with Gasteiger partial charge in [-0.05, 0) is 105 Å². The molecule has 192 valence electrons. The minimum Gasteiger partial charge on any atom is -0.299 e. The molecule has 0 aliphatic heterocycles. The van der Waals surface area contributed by atoms with Crippen molar-refractivity contribution in [2.75, 3.05) is 0 Å². The van der Waals surface area contributed by atoms with Crippen LogP contribution >= 0.6 is 0 Å². The quantitative estimate of drug-likeness (QED) is 0.361. The van der Waals surface area contributed by atoms with E-state index in [4.69, 9.17) is 0 Å². The lowest BCUT2D eigenvalue weighted by molar-refractivity contribution is -0.214. The van der Waals surface area contributed by atoms with Crippen molar-refractivity contribution in [1.82, 2.24) is 0 Å². The fourth-order valence-electron chi connectivity index (χ4n) is 10.8. The zero-order chi connectivity index (χ0) is 26.0. The molecule has 0 radical (unpaired) electrons. The van der Waals surface area contributed by atoms with Crippen molar-refractivity contribution in [2.24, 2.45) is 50.7 Å². The average molecular weight is 478 g/mol. The van der Waals surface area contributed by atoms with E-state index >= 15 is 0 Å². The minimum atomic E-state index is -0.477. The largest absolute Gasteiger partial charge is 0.299 e. The fraction of sp³-hybridized carbons (Fsp3) is 0.781. The summed E-state index contributed by atoms with van der Waals surface area (Å²) < 4.78 is 0. The van der Waals surface area contributed by atoms with E-state index in [1.165, 1.54) is 19.3 Å². The van der Waals surface area contributed by atoms with Gasteiger partial charge in [-0.3, -0.25) is 9.59 Å². The van der Waals surface area contributed by atoms with Crippen molar-refractivity contribution in [3.05, 3.63) is 24.3 Å². The van der Waals surface area contributed by atoms with Gasteiger partial charge in [0.2, 0.25) is 0 Å². The van der Waals surface area contributed by atoms with Crippen molar-refractivity contribution in [2.45, 2.75) is 106 Å². The first-order valence-corrected chi connectivity index (χ1v) is 14.1. The van der Waals surface area contributed by atoms with Gasteiger partial charge < -0.3 is 0 Å². The first-order chi connectivity index (χ1) is 16.3. The Morgan fingerprint density at radius 1 is 0.971 bits per heavy atom. The molecule has 8 atom stereocenters. The van der Waals surface area contributed by atoms with E-state index in [0.29, 0.717) is 35.0 Å². The van der Waals surface area contributed by atoms with Crippen LogP contribution < -0.4 is 0 Å². The predicted octanol–water partition coefficient (Wildman–Crippen LogP) is 7.86. The molecule has 0 amide bonds. The molecule has 5 aliphatic carbocycles. The summed E-state index contributed by atoms with van der Waals surface area (Å²) in [5, 5.41) is 9.81. The number of nitriles is 1. The third kappa shape index (κ3) is 3.27. The Morgan fingerprint density at radius 3 is 2.23 bits per heavy atom. The van der Waals surface area contributed by atoms with Crippen LogP contribution in [0.4, 0.5) is 0 Å². The summed E-state index contributed by atoms with van der Waals surface area (Å²) in [5.74, 6) is 2.44. The molecule has 3 heteroatoms. The number of carbonyl (C=O) groups excluding carboxylic acids is 2. The molecule has 6 unspecified atom stereocenters. The molecule has 0 bridgehead atoms. The summed E-state index contributed by atoms with van der Waals surface area (Å²) in [6, 6.07) is 2.26. The van der Waals surface area contributed by atoms with Crippen LogP contribution in [0.2, 0.25) is 0 Å². The number of fused-ring (bicyclic) bond motifs is 7. The summed E-state index contributed by atoms with van der Waals surface area (Å²) >= 11 is 0. The Hall–Kier alpha value is -1.69. The summed E-state index contributed by atoms with van der Waals surface area (Å²) in [6.07, 6.45) is 14.2. The topological polar surface area (TPSA) is 57.9 Å². The maximum absolute atomic E-state index is 13.1. The second-order valence-corrected chi connectivity index (χ2v) is 13.9. The van der Waals surface area contributed by atoms with E-state index in [1.54, 1.807) is 6.08 Å². The smallest absolute Gasteiger partial charge is 0.178 e. The number of allylic oxidation sites excluding steroid dienone is 3. The van der Waals surface area contributed by atoms with Crippen LogP contribution in [-0.2, 0) is 9.59 Å². The van der Waals surface area contributed by atoms with Crippen molar-refractivity contribution in [3.63, 3.8) is 0 Å². The van der Waals surface area contributed by atoms with Gasteiger partial charge in [-0.15, -0.1) is 6.58 Å². The molecule has 4 saturated carbocycles. The van der Waals surface area contributed by atoms with Crippen LogP contribution in [0.15, 0.2) is 24.3 Å². The highest BCUT2D eigenvalue weighted by Crippen LogP contribution is 2.76. The number of carbonyl (C=O) groups is 2. The monoisotopic (exact) mass is 477 g/mol. The average Bonchev–Trinajstić information content (AvgIpc) is 3.23. The Morgan fingerprint density at radius 2 is 1.63 bits per heavy atom. The minimum absolute atomic E-state index is 0.0424. The lowest BCUT2D eigenvalue weighted by Gasteiger charge is -2.71. The highest BCUT2D eigenvalue weighted by Gasteiger charge is 2.70. The van der Waals surface area contributed by atoms with Gasteiger partial charge in [-0.2, -0.15) is 5.26 Å². The normalized spacial score (nSPS) is 47.4. The molecule has 5 rings (SSSR count). The first kappa shape index (κ1) is 26.4. The number of rotatable bonds is 1. The number of hydrogen-bond acceptors (Lipinski definition) is 3. The van der Waals surface area contributed by atoms with Crippen LogP contribution in [0.25, 0.3) is 0 Å². The Labute approximate surface area is 213 Å². The van der Waals surface area contributed by atoms with Crippen LogP contribution in [0.1, 0.15) is 106 Å². The standard InChI is InChI=1S/C29H41NO2.C3H6/c1-18(31)29-12-7-8-21(29)20-9-10-23-26(4)16-19(17-30)24(32)25(2,3)22(26)11-13-28(23,6)27(20,5)14-15-29;1-3-2/h16,20-23H,7-15H2,1-6H3;3H,1H2,2H3/t20?,21?,22?,23?,26?,27-,28?,29-;/m1./s1. The van der Waals surface area contributed by atoms with Gasteiger partial charge in [0.15, 0.2) is 5.78 Å². The van der Waals surface area contributed by atoms with E-state index in [2.05, 4.69) is 53.3 Å². The van der Waals surface area contributed by atoms with Gasteiger partial charge in [-0.25, -0.2) is 0 Å². The summed E-state index contributed by atoms with van der Waals surface area (Å²) in [5.41, 5.74) is 0.149. The molecule has 0 saturated heterocycles. The van der Waals surface area contributed by atoms with Crippen LogP contribution in [0, 0.1) is 62.1 Å². The summed E-state index contributed by atoms with van der Waals surface area (Å²) in [7, 11) is 0. The van der Waals surface area contributed by atoms with Gasteiger partial charge in [0.1, 0.15) is 11.9 Å². The predicted molar refractivity (Wildman–Crippen MR) is 141 cm³/mol. The third-order valence-electron chi connectivity index (χ3n) is 12.5. The molecule has 0 N–H and O–H groups in total. The molecule has 3 nitrogen and oxygen atoms in total. The zero-order valence-electron chi connectivity index (χ0n) is 23.3. The third-order valence-corrected chi connectivity index (χ3v) is 12.5. The van der Waals surface area contributed by atoms with Crippen molar-refractivity contribution < 1.29 is 9.59 Å². The van der Waals surface area contributed by atoms with E-state index in [-0.39, 0.29) is 27.4 Å². The highest BCUT2D eigenvalue weighted by atomic mass is 16.1. The molecule has 35 heavy (non-hydrogen) atoms. The Balaban J connectivity index is 0.000000917. The van der Waals surface area contributed by atoms with Crippen molar-refractivity contribution in [3.8, 4) is 6.07 Å². The lowest BCUT2D eigenvalue weighted by Crippen LogP contribution is -2.65. The Bertz CT molecular complexity index is 1000. The molecule has 0 aromatic heterocycles. The summed E-state index contributed by atoms with van der Waals surface area (Å²) in [4.78, 5) is 26.0. The molecular weight excluding hydrogens is 430 g/mol. The van der Waals surface area contributed by atoms with E-state index in [1.807, 2.05) is 13.8 Å². The van der Waals surface area contributed by atoms with E-state index in [9.17, 15) is 14.9 Å². The lowest BCUT2D eigenvalue weighted by atomic mass is 9.33. The summed E-state index contributed by atoms with van der Waals surface area (Å²) in [6.45, 7) is 18.7. The number of Topliss-reactive ketones (excluding diaryl/α,β-unsaturated/α-hetero) is 2. The SMILES string of the molecule is C=CC.CC(=O)[C@]12CCCC1C1CCC3C4(C)C=C(C#N)C(=O)C(C)(C)C4CCC3(C)[C@]1(C)CC2. The van der Waals surface area contributed by atoms with Crippen LogP contribution in [-0.4, -0.2) is 11.6 Å². The second-order valence-electron chi connectivity index (χ2n) is 13.9. The molecule has 0 aromatic rings. The van der Waals surface area contributed by atoms with E-state index in [0.717, 1.165) is 38.5 Å². The maximum atomic E-state index is 13.1. The van der Waals surface area contributed by atoms with Crippen molar-refractivity contribution in [1.29, 1.82) is 5.26 Å². The molecule has 0 heterocycles. The van der Waals surface area contributed by atoms with Crippen molar-refractivity contribution >= 4 is 11.6 Å². The molecule has 5 aliphatic rings. The van der Waals surface area contributed by atoms with Gasteiger partial charge in [0.25, 0.3) is 0 Å². The van der Waals surface area contributed by atoms with Crippen LogP contribution in [0.5, 0.6) is 0 Å². The van der Waals surface area contributed by atoms with Crippen LogP contribution in [0.3, 0.4) is 0 Å². The number of ketones is 2. The van der Waals surface area contributed by atoms with E-state index < -0.39 is 5.41 Å². The number of hydrogen-bond donors (Lipinski definition) is 0. The Kier molecular flexibility index (Phi) is 6.35. The van der Waals surface area contributed by atoms with Gasteiger partial charge in [0.05, 0.1) is 5.57 Å². The zero-order valence-corrected chi connectivity index (χ0v) is 23.3.